The molecular formula is C16H15NO3. The molecule has 0 saturated carbocycles. The second kappa shape index (κ2) is 4.89. The molecule has 0 fully saturated rings. The predicted octanol–water partition coefficient (Wildman–Crippen LogP) is 2.87. The number of para-hydroxylation sites is 1. The third-order valence-corrected chi connectivity index (χ3v) is 3.61. The van der Waals surface area contributed by atoms with Gasteiger partial charge < -0.3 is 15.2 Å². The maximum absolute atomic E-state index is 11.8. The zero-order chi connectivity index (χ0) is 14.1. The lowest BCUT2D eigenvalue weighted by molar-refractivity contribution is -0.116. The molecule has 0 radical (unpaired) electrons. The average molecular weight is 269 g/mol. The van der Waals surface area contributed by atoms with Crippen LogP contribution in [-0.4, -0.2) is 18.1 Å². The summed E-state index contributed by atoms with van der Waals surface area (Å²) in [5, 5.41) is 12.6. The van der Waals surface area contributed by atoms with Crippen molar-refractivity contribution in [3.8, 4) is 11.5 Å². The fourth-order valence-electron chi connectivity index (χ4n) is 2.62. The van der Waals surface area contributed by atoms with Crippen LogP contribution in [0.2, 0.25) is 0 Å². The van der Waals surface area contributed by atoms with E-state index in [0.29, 0.717) is 12.2 Å². The Balaban J connectivity index is 2.08. The van der Waals surface area contributed by atoms with E-state index in [0.717, 1.165) is 16.8 Å². The van der Waals surface area contributed by atoms with E-state index in [2.05, 4.69) is 5.32 Å². The quantitative estimate of drug-likeness (QED) is 0.881. The van der Waals surface area contributed by atoms with Gasteiger partial charge in [0.25, 0.3) is 0 Å². The SMILES string of the molecule is COc1cc(C2CC(=O)Nc3ccccc32)ccc1O. The molecule has 0 bridgehead atoms. The number of anilines is 1. The molecular weight excluding hydrogens is 254 g/mol. The molecule has 1 aliphatic heterocycles. The lowest BCUT2D eigenvalue weighted by Crippen LogP contribution is -2.23. The second-order valence-corrected chi connectivity index (χ2v) is 4.82. The first-order chi connectivity index (χ1) is 9.69. The van der Waals surface area contributed by atoms with Crippen molar-refractivity contribution in [3.05, 3.63) is 53.6 Å². The van der Waals surface area contributed by atoms with E-state index < -0.39 is 0 Å². The maximum atomic E-state index is 11.8. The molecule has 4 heteroatoms. The van der Waals surface area contributed by atoms with Crippen molar-refractivity contribution >= 4 is 11.6 Å². The van der Waals surface area contributed by atoms with Gasteiger partial charge in [0.1, 0.15) is 0 Å². The minimum atomic E-state index is -0.0190. The normalized spacial score (nSPS) is 17.2. The van der Waals surface area contributed by atoms with E-state index >= 15 is 0 Å². The number of aromatic hydroxyl groups is 1. The van der Waals surface area contributed by atoms with E-state index in [1.54, 1.807) is 12.1 Å². The Morgan fingerprint density at radius 1 is 1.25 bits per heavy atom. The minimum absolute atomic E-state index is 0.000687. The molecule has 20 heavy (non-hydrogen) atoms. The van der Waals surface area contributed by atoms with E-state index in [9.17, 15) is 9.90 Å². The summed E-state index contributed by atoms with van der Waals surface area (Å²) < 4.78 is 5.14. The molecule has 0 aliphatic carbocycles. The highest BCUT2D eigenvalue weighted by Gasteiger charge is 2.26. The number of fused-ring (bicyclic) bond motifs is 1. The van der Waals surface area contributed by atoms with Crippen molar-refractivity contribution in [2.75, 3.05) is 12.4 Å². The molecule has 1 heterocycles. The van der Waals surface area contributed by atoms with Crippen molar-refractivity contribution in [2.24, 2.45) is 0 Å². The summed E-state index contributed by atoms with van der Waals surface area (Å²) in [6, 6.07) is 13.0. The van der Waals surface area contributed by atoms with Gasteiger partial charge in [-0.2, -0.15) is 0 Å². The largest absolute Gasteiger partial charge is 0.504 e. The van der Waals surface area contributed by atoms with Crippen molar-refractivity contribution in [2.45, 2.75) is 12.3 Å². The number of benzene rings is 2. The summed E-state index contributed by atoms with van der Waals surface area (Å²) in [6.07, 6.45) is 0.394. The Hall–Kier alpha value is -2.49. The molecule has 3 rings (SSSR count). The molecule has 0 spiro atoms. The van der Waals surface area contributed by atoms with E-state index in [-0.39, 0.29) is 17.6 Å². The predicted molar refractivity (Wildman–Crippen MR) is 76.2 cm³/mol. The molecule has 1 atom stereocenters. The number of hydrogen-bond donors (Lipinski definition) is 2. The summed E-state index contributed by atoms with van der Waals surface area (Å²) in [7, 11) is 1.51. The summed E-state index contributed by atoms with van der Waals surface area (Å²) in [5.74, 6) is 0.506. The van der Waals surface area contributed by atoms with Crippen LogP contribution in [0.4, 0.5) is 5.69 Å². The molecule has 0 saturated heterocycles. The molecule has 4 nitrogen and oxygen atoms in total. The molecule has 2 aromatic rings. The van der Waals surface area contributed by atoms with Crippen LogP contribution in [0.25, 0.3) is 0 Å². The van der Waals surface area contributed by atoms with Gasteiger partial charge in [-0.3, -0.25) is 4.79 Å². The van der Waals surface area contributed by atoms with Crippen LogP contribution in [0.15, 0.2) is 42.5 Å². The average Bonchev–Trinajstić information content (AvgIpc) is 2.47. The molecule has 1 unspecified atom stereocenters. The fraction of sp³-hybridized carbons (Fsp3) is 0.188. The van der Waals surface area contributed by atoms with Crippen LogP contribution in [-0.2, 0) is 4.79 Å². The lowest BCUT2D eigenvalue weighted by Gasteiger charge is -2.26. The van der Waals surface area contributed by atoms with Crippen LogP contribution in [0, 0.1) is 0 Å². The number of rotatable bonds is 2. The number of ether oxygens (including phenoxy) is 1. The van der Waals surface area contributed by atoms with Crippen LogP contribution >= 0.6 is 0 Å². The molecule has 1 aliphatic rings. The smallest absolute Gasteiger partial charge is 0.225 e. The Labute approximate surface area is 117 Å². The van der Waals surface area contributed by atoms with Crippen molar-refractivity contribution in [1.29, 1.82) is 0 Å². The molecule has 102 valence electrons. The van der Waals surface area contributed by atoms with E-state index in [4.69, 9.17) is 4.74 Å². The first kappa shape index (κ1) is 12.5. The number of phenolic OH excluding ortho intramolecular Hbond substituents is 1. The summed E-state index contributed by atoms with van der Waals surface area (Å²) in [5.41, 5.74) is 2.89. The Morgan fingerprint density at radius 2 is 2.05 bits per heavy atom. The number of hydrogen-bond acceptors (Lipinski definition) is 3. The van der Waals surface area contributed by atoms with E-state index in [1.165, 1.54) is 7.11 Å². The third-order valence-electron chi connectivity index (χ3n) is 3.61. The monoisotopic (exact) mass is 269 g/mol. The number of methoxy groups -OCH3 is 1. The topological polar surface area (TPSA) is 58.6 Å². The minimum Gasteiger partial charge on any atom is -0.504 e. The zero-order valence-electron chi connectivity index (χ0n) is 11.1. The van der Waals surface area contributed by atoms with Gasteiger partial charge in [0, 0.05) is 18.0 Å². The molecule has 1 amide bonds. The highest BCUT2D eigenvalue weighted by molar-refractivity contribution is 5.95. The first-order valence-electron chi connectivity index (χ1n) is 6.44. The number of carbonyl (C=O) groups excluding carboxylic acids is 1. The fourth-order valence-corrected chi connectivity index (χ4v) is 2.62. The Morgan fingerprint density at radius 3 is 2.85 bits per heavy atom. The molecule has 2 N–H and O–H groups in total. The van der Waals surface area contributed by atoms with Crippen LogP contribution in [0.1, 0.15) is 23.5 Å². The van der Waals surface area contributed by atoms with Gasteiger partial charge in [-0.05, 0) is 29.3 Å². The third kappa shape index (κ3) is 2.09. The standard InChI is InChI=1S/C16H15NO3/c1-20-15-8-10(6-7-14(15)18)12-9-16(19)17-13-5-3-2-4-11(12)13/h2-8,12,18H,9H2,1H3,(H,17,19). The summed E-state index contributed by atoms with van der Waals surface area (Å²) >= 11 is 0. The van der Waals surface area contributed by atoms with Crippen molar-refractivity contribution < 1.29 is 14.6 Å². The number of amides is 1. The molecule has 2 aromatic carbocycles. The Bertz CT molecular complexity index is 667. The van der Waals surface area contributed by atoms with Gasteiger partial charge in [-0.15, -0.1) is 0 Å². The van der Waals surface area contributed by atoms with Gasteiger partial charge in [0.15, 0.2) is 11.5 Å². The van der Waals surface area contributed by atoms with Gasteiger partial charge in [0.2, 0.25) is 5.91 Å². The number of carbonyl (C=O) groups is 1. The van der Waals surface area contributed by atoms with Gasteiger partial charge in [-0.25, -0.2) is 0 Å². The zero-order valence-corrected chi connectivity index (χ0v) is 11.1. The highest BCUT2D eigenvalue weighted by atomic mass is 16.5. The second-order valence-electron chi connectivity index (χ2n) is 4.82. The van der Waals surface area contributed by atoms with Gasteiger partial charge >= 0.3 is 0 Å². The van der Waals surface area contributed by atoms with Crippen LogP contribution in [0.5, 0.6) is 11.5 Å². The highest BCUT2D eigenvalue weighted by Crippen LogP contribution is 2.39. The van der Waals surface area contributed by atoms with E-state index in [1.807, 2.05) is 30.3 Å². The van der Waals surface area contributed by atoms with Crippen molar-refractivity contribution in [1.82, 2.24) is 0 Å². The van der Waals surface area contributed by atoms with Crippen LogP contribution in [0.3, 0.4) is 0 Å². The van der Waals surface area contributed by atoms with Crippen molar-refractivity contribution in [3.63, 3.8) is 0 Å². The summed E-state index contributed by atoms with van der Waals surface area (Å²) in [6.45, 7) is 0. The Kier molecular flexibility index (Phi) is 3.06. The maximum Gasteiger partial charge on any atom is 0.225 e. The lowest BCUT2D eigenvalue weighted by atomic mass is 9.85. The van der Waals surface area contributed by atoms with Gasteiger partial charge in [0.05, 0.1) is 7.11 Å². The van der Waals surface area contributed by atoms with Gasteiger partial charge in [-0.1, -0.05) is 24.3 Å². The first-order valence-corrected chi connectivity index (χ1v) is 6.44. The molecule has 0 aromatic heterocycles. The number of nitrogens with one attached hydrogen (secondary N) is 1. The van der Waals surface area contributed by atoms with Crippen LogP contribution < -0.4 is 10.1 Å². The number of phenols is 1. The summed E-state index contributed by atoms with van der Waals surface area (Å²) in [4.78, 5) is 11.8.